The number of carbonyl (C=O) groups excluding carboxylic acids is 1. The summed E-state index contributed by atoms with van der Waals surface area (Å²) < 4.78 is 1.96. The molecule has 0 aliphatic heterocycles. The lowest BCUT2D eigenvalue weighted by atomic mass is 10.1. The molecule has 0 atom stereocenters. The fraction of sp³-hybridized carbons (Fsp3) is 0.0952. The van der Waals surface area contributed by atoms with Gasteiger partial charge in [-0.15, -0.1) is 0 Å². The van der Waals surface area contributed by atoms with E-state index in [0.717, 1.165) is 22.5 Å². The van der Waals surface area contributed by atoms with E-state index < -0.39 is 0 Å². The van der Waals surface area contributed by atoms with Crippen molar-refractivity contribution in [2.45, 2.75) is 13.5 Å². The highest BCUT2D eigenvalue weighted by molar-refractivity contribution is 6.42. The van der Waals surface area contributed by atoms with Gasteiger partial charge < -0.3 is 10.6 Å². The summed E-state index contributed by atoms with van der Waals surface area (Å²) in [5, 5.41) is 7.13. The molecule has 0 unspecified atom stereocenters. The van der Waals surface area contributed by atoms with Gasteiger partial charge in [-0.3, -0.25) is 9.20 Å². The lowest BCUT2D eigenvalue weighted by molar-refractivity contribution is -0.114. The minimum atomic E-state index is -0.116. The van der Waals surface area contributed by atoms with Crippen LogP contribution >= 0.6 is 23.2 Å². The molecule has 2 aromatic heterocycles. The van der Waals surface area contributed by atoms with E-state index in [0.29, 0.717) is 28.1 Å². The van der Waals surface area contributed by atoms with E-state index in [4.69, 9.17) is 23.2 Å². The number of carbonyl (C=O) groups is 1. The molecule has 4 aromatic rings. The maximum absolute atomic E-state index is 11.3. The lowest BCUT2D eigenvalue weighted by Gasteiger charge is -2.12. The van der Waals surface area contributed by atoms with Crippen molar-refractivity contribution in [2.75, 3.05) is 10.6 Å². The highest BCUT2D eigenvalue weighted by Crippen LogP contribution is 2.26. The molecule has 0 radical (unpaired) electrons. The first-order valence-electron chi connectivity index (χ1n) is 8.89. The molecule has 0 aliphatic carbocycles. The van der Waals surface area contributed by atoms with Gasteiger partial charge in [0, 0.05) is 37.1 Å². The normalized spacial score (nSPS) is 10.9. The van der Waals surface area contributed by atoms with Gasteiger partial charge in [-0.1, -0.05) is 41.4 Å². The quantitative estimate of drug-likeness (QED) is 0.456. The van der Waals surface area contributed by atoms with Gasteiger partial charge in [0.05, 0.1) is 21.9 Å². The van der Waals surface area contributed by atoms with Crippen molar-refractivity contribution < 1.29 is 4.79 Å². The molecule has 0 aliphatic rings. The van der Waals surface area contributed by atoms with Crippen LogP contribution in [0.4, 0.5) is 11.5 Å². The Hall–Kier alpha value is -3.09. The van der Waals surface area contributed by atoms with Crippen LogP contribution in [0.3, 0.4) is 0 Å². The van der Waals surface area contributed by atoms with Gasteiger partial charge in [0.25, 0.3) is 0 Å². The topological polar surface area (TPSA) is 71.3 Å². The van der Waals surface area contributed by atoms with Gasteiger partial charge in [-0.05, 0) is 29.8 Å². The highest BCUT2D eigenvalue weighted by atomic mass is 35.5. The second-order valence-electron chi connectivity index (χ2n) is 6.48. The van der Waals surface area contributed by atoms with E-state index >= 15 is 0 Å². The Bertz CT molecular complexity index is 1200. The highest BCUT2D eigenvalue weighted by Gasteiger charge is 2.11. The Morgan fingerprint density at radius 3 is 2.76 bits per heavy atom. The molecule has 8 heteroatoms. The number of rotatable bonds is 5. The van der Waals surface area contributed by atoms with E-state index in [1.54, 1.807) is 18.5 Å². The summed E-state index contributed by atoms with van der Waals surface area (Å²) in [5.41, 5.74) is 4.20. The number of hydrogen-bond donors (Lipinski definition) is 2. The summed E-state index contributed by atoms with van der Waals surface area (Å²) in [6.07, 6.45) is 5.38. The van der Waals surface area contributed by atoms with Crippen molar-refractivity contribution in [3.8, 4) is 11.3 Å². The van der Waals surface area contributed by atoms with Crippen LogP contribution in [-0.4, -0.2) is 20.3 Å². The first-order valence-corrected chi connectivity index (χ1v) is 9.65. The van der Waals surface area contributed by atoms with Crippen LogP contribution in [0.2, 0.25) is 10.0 Å². The van der Waals surface area contributed by atoms with E-state index in [-0.39, 0.29) is 5.91 Å². The van der Waals surface area contributed by atoms with Gasteiger partial charge in [0.15, 0.2) is 11.5 Å². The van der Waals surface area contributed by atoms with Gasteiger partial charge in [0.2, 0.25) is 5.91 Å². The Balaban J connectivity index is 1.64. The minimum absolute atomic E-state index is 0.116. The van der Waals surface area contributed by atoms with Crippen LogP contribution in [0.5, 0.6) is 0 Å². The molecule has 0 bridgehead atoms. The fourth-order valence-corrected chi connectivity index (χ4v) is 3.37. The zero-order valence-electron chi connectivity index (χ0n) is 15.5. The number of fused-ring (bicyclic) bond motifs is 1. The molecule has 4 rings (SSSR count). The molecule has 0 fully saturated rings. The molecule has 0 saturated carbocycles. The number of benzene rings is 2. The zero-order valence-corrected chi connectivity index (χ0v) is 17.0. The number of hydrogen-bond acceptors (Lipinski definition) is 4. The van der Waals surface area contributed by atoms with Gasteiger partial charge in [-0.25, -0.2) is 9.97 Å². The molecule has 2 N–H and O–H groups in total. The Labute approximate surface area is 177 Å². The molecule has 6 nitrogen and oxygen atoms in total. The summed E-state index contributed by atoms with van der Waals surface area (Å²) in [6.45, 7) is 2.01. The van der Waals surface area contributed by atoms with E-state index in [2.05, 4.69) is 20.6 Å². The van der Waals surface area contributed by atoms with Crippen molar-refractivity contribution in [1.82, 2.24) is 14.4 Å². The minimum Gasteiger partial charge on any atom is -0.363 e. The SMILES string of the molecule is CC(=O)Nc1cccc(-c2cnc(NCc3ccc(Cl)c(Cl)c3)c3nccn23)c1. The predicted octanol–water partition coefficient (Wildman–Crippen LogP) is 5.27. The van der Waals surface area contributed by atoms with Crippen molar-refractivity contribution in [3.05, 3.63) is 76.7 Å². The summed E-state index contributed by atoms with van der Waals surface area (Å²) in [6, 6.07) is 13.1. The third kappa shape index (κ3) is 4.18. The number of aromatic nitrogens is 3. The second-order valence-corrected chi connectivity index (χ2v) is 7.29. The van der Waals surface area contributed by atoms with Gasteiger partial charge >= 0.3 is 0 Å². The molecule has 146 valence electrons. The number of halogens is 2. The fourth-order valence-electron chi connectivity index (χ4n) is 3.05. The maximum atomic E-state index is 11.3. The first kappa shape index (κ1) is 19.2. The monoisotopic (exact) mass is 425 g/mol. The summed E-state index contributed by atoms with van der Waals surface area (Å²) in [5.74, 6) is 0.540. The molecular formula is C21H17Cl2N5O. The Kier molecular flexibility index (Phi) is 5.38. The molecule has 1 amide bonds. The molecule has 2 aromatic carbocycles. The predicted molar refractivity (Wildman–Crippen MR) is 117 cm³/mol. The van der Waals surface area contributed by atoms with Crippen molar-refractivity contribution >= 4 is 46.3 Å². The van der Waals surface area contributed by atoms with E-state index in [1.165, 1.54) is 6.92 Å². The van der Waals surface area contributed by atoms with Crippen LogP contribution in [0.15, 0.2) is 61.1 Å². The van der Waals surface area contributed by atoms with Gasteiger partial charge in [0.1, 0.15) is 0 Å². The standard InChI is InChI=1S/C21H17Cl2N5O/c1-13(29)27-16-4-2-3-15(10-16)19-12-26-20(21-24-7-8-28(19)21)25-11-14-5-6-17(22)18(23)9-14/h2-10,12H,11H2,1H3,(H,25,26)(H,27,29). The number of anilines is 2. The molecule has 0 spiro atoms. The zero-order chi connectivity index (χ0) is 20.4. The number of amides is 1. The van der Waals surface area contributed by atoms with Crippen molar-refractivity contribution in [2.24, 2.45) is 0 Å². The van der Waals surface area contributed by atoms with Crippen LogP contribution in [0.1, 0.15) is 12.5 Å². The van der Waals surface area contributed by atoms with Crippen LogP contribution in [0.25, 0.3) is 16.9 Å². The number of nitrogens with one attached hydrogen (secondary N) is 2. The average Bonchev–Trinajstić information content (AvgIpc) is 3.18. The smallest absolute Gasteiger partial charge is 0.221 e. The molecule has 2 heterocycles. The second kappa shape index (κ2) is 8.11. The number of imidazole rings is 1. The summed E-state index contributed by atoms with van der Waals surface area (Å²) >= 11 is 12.1. The van der Waals surface area contributed by atoms with Crippen LogP contribution in [0, 0.1) is 0 Å². The summed E-state index contributed by atoms with van der Waals surface area (Å²) in [7, 11) is 0. The summed E-state index contributed by atoms with van der Waals surface area (Å²) in [4.78, 5) is 20.3. The average molecular weight is 426 g/mol. The molecular weight excluding hydrogens is 409 g/mol. The van der Waals surface area contributed by atoms with E-state index in [9.17, 15) is 4.79 Å². The van der Waals surface area contributed by atoms with Crippen molar-refractivity contribution in [3.63, 3.8) is 0 Å². The third-order valence-corrected chi connectivity index (χ3v) is 5.09. The lowest BCUT2D eigenvalue weighted by Crippen LogP contribution is -2.06. The third-order valence-electron chi connectivity index (χ3n) is 4.35. The van der Waals surface area contributed by atoms with Crippen LogP contribution in [-0.2, 0) is 11.3 Å². The Morgan fingerprint density at radius 1 is 1.10 bits per heavy atom. The Morgan fingerprint density at radius 2 is 1.97 bits per heavy atom. The van der Waals surface area contributed by atoms with Gasteiger partial charge in [-0.2, -0.15) is 0 Å². The maximum Gasteiger partial charge on any atom is 0.221 e. The van der Waals surface area contributed by atoms with E-state index in [1.807, 2.05) is 47.0 Å². The van der Waals surface area contributed by atoms with Crippen LogP contribution < -0.4 is 10.6 Å². The van der Waals surface area contributed by atoms with Crippen molar-refractivity contribution in [1.29, 1.82) is 0 Å². The first-order chi connectivity index (χ1) is 14.0. The molecule has 0 saturated heterocycles. The molecule has 29 heavy (non-hydrogen) atoms. The number of nitrogens with zero attached hydrogens (tertiary/aromatic N) is 3. The largest absolute Gasteiger partial charge is 0.363 e.